The summed E-state index contributed by atoms with van der Waals surface area (Å²) in [5, 5.41) is 3.46. The van der Waals surface area contributed by atoms with Crippen molar-refractivity contribution in [2.24, 2.45) is 0 Å². The van der Waals surface area contributed by atoms with E-state index in [4.69, 9.17) is 9.72 Å². The predicted octanol–water partition coefficient (Wildman–Crippen LogP) is 1.52. The van der Waals surface area contributed by atoms with Crippen LogP contribution in [0.5, 0.6) is 0 Å². The van der Waals surface area contributed by atoms with Gasteiger partial charge in [-0.1, -0.05) is 0 Å². The first-order chi connectivity index (χ1) is 7.07. The van der Waals surface area contributed by atoms with Gasteiger partial charge in [-0.2, -0.15) is 0 Å². The molecule has 0 aromatic carbocycles. The Kier molecular flexibility index (Phi) is 3.57. The third-order valence-electron chi connectivity index (χ3n) is 2.54. The summed E-state index contributed by atoms with van der Waals surface area (Å²) in [6.45, 7) is 3.67. The van der Waals surface area contributed by atoms with Crippen LogP contribution in [0.1, 0.15) is 0 Å². The van der Waals surface area contributed by atoms with Crippen molar-refractivity contribution in [3.63, 3.8) is 0 Å². The van der Waals surface area contributed by atoms with Crippen LogP contribution >= 0.6 is 11.3 Å². The Morgan fingerprint density at radius 3 is 2.53 bits per heavy atom. The Morgan fingerprint density at radius 2 is 2.00 bits per heavy atom. The molecule has 2 rings (SSSR count). The molecule has 3 nitrogen and oxygen atoms in total. The predicted molar refractivity (Wildman–Crippen MR) is 68.1 cm³/mol. The second-order valence-corrected chi connectivity index (χ2v) is 20.0. The van der Waals surface area contributed by atoms with E-state index in [0.717, 1.165) is 26.3 Å². The van der Waals surface area contributed by atoms with Crippen LogP contribution in [0.2, 0.25) is 14.8 Å². The van der Waals surface area contributed by atoms with E-state index in [1.54, 1.807) is 11.3 Å². The molecule has 5 heteroatoms. The zero-order chi connectivity index (χ0) is 10.9. The monoisotopic (exact) mass is 334 g/mol. The van der Waals surface area contributed by atoms with Gasteiger partial charge in [0.1, 0.15) is 0 Å². The van der Waals surface area contributed by atoms with Crippen molar-refractivity contribution in [3.05, 3.63) is 5.38 Å². The van der Waals surface area contributed by atoms with Crippen molar-refractivity contribution in [1.29, 1.82) is 0 Å². The number of anilines is 1. The fourth-order valence-corrected chi connectivity index (χ4v) is 7.64. The van der Waals surface area contributed by atoms with Gasteiger partial charge in [-0.15, -0.1) is 0 Å². The minimum absolute atomic E-state index is 0.841. The summed E-state index contributed by atoms with van der Waals surface area (Å²) in [6.07, 6.45) is 0. The molecule has 0 spiro atoms. The van der Waals surface area contributed by atoms with E-state index in [0.29, 0.717) is 0 Å². The maximum absolute atomic E-state index is 5.34. The summed E-state index contributed by atoms with van der Waals surface area (Å²) in [6, 6.07) is 0. The van der Waals surface area contributed by atoms with Crippen molar-refractivity contribution in [1.82, 2.24) is 4.98 Å². The summed E-state index contributed by atoms with van der Waals surface area (Å²) >= 11 is -0.151. The van der Waals surface area contributed by atoms with Crippen LogP contribution in [0.25, 0.3) is 0 Å². The SMILES string of the molecule is [CH3][Sn]([CH3])([CH3])[c]1csc(N2CCOCC2)n1. The fourth-order valence-electron chi connectivity index (χ4n) is 1.51. The molecule has 0 saturated carbocycles. The molecular formula is C10H18N2OSSn. The Bertz CT molecular complexity index is 328. The van der Waals surface area contributed by atoms with Crippen molar-refractivity contribution >= 4 is 38.6 Å². The van der Waals surface area contributed by atoms with E-state index in [2.05, 4.69) is 25.1 Å². The average molecular weight is 333 g/mol. The molecule has 0 aliphatic carbocycles. The Hall–Kier alpha value is 0.189. The summed E-state index contributed by atoms with van der Waals surface area (Å²) in [5.41, 5.74) is 0. The van der Waals surface area contributed by atoms with Gasteiger partial charge in [0.25, 0.3) is 0 Å². The number of hydrogen-bond donors (Lipinski definition) is 0. The normalized spacial score (nSPS) is 18.2. The summed E-state index contributed by atoms with van der Waals surface area (Å²) < 4.78 is 6.74. The zero-order valence-corrected chi connectivity index (χ0v) is 13.3. The molecule has 0 atom stereocenters. The Balaban J connectivity index is 2.12. The van der Waals surface area contributed by atoms with Gasteiger partial charge in [0.05, 0.1) is 0 Å². The molecule has 1 aliphatic heterocycles. The molecule has 1 saturated heterocycles. The van der Waals surface area contributed by atoms with E-state index < -0.39 is 18.4 Å². The molecule has 0 unspecified atom stereocenters. The first-order valence-corrected chi connectivity index (χ1v) is 16.2. The quantitative estimate of drug-likeness (QED) is 0.768. The van der Waals surface area contributed by atoms with Crippen molar-refractivity contribution in [2.75, 3.05) is 31.2 Å². The molecule has 0 amide bonds. The molecule has 15 heavy (non-hydrogen) atoms. The molecule has 1 aliphatic rings. The molecule has 1 aromatic rings. The van der Waals surface area contributed by atoms with Gasteiger partial charge in [-0.05, 0) is 0 Å². The number of morpholine rings is 1. The maximum atomic E-state index is 5.34. The van der Waals surface area contributed by atoms with Crippen LogP contribution < -0.4 is 8.61 Å². The topological polar surface area (TPSA) is 25.4 Å². The molecular weight excluding hydrogens is 315 g/mol. The Labute approximate surface area is 99.3 Å². The second-order valence-electron chi connectivity index (χ2n) is 4.86. The van der Waals surface area contributed by atoms with Gasteiger partial charge in [-0.25, -0.2) is 0 Å². The minimum atomic E-state index is -1.95. The number of aromatic nitrogens is 1. The van der Waals surface area contributed by atoms with Gasteiger partial charge >= 0.3 is 99.7 Å². The molecule has 1 fully saturated rings. The summed E-state index contributed by atoms with van der Waals surface area (Å²) in [7, 11) is 0. The van der Waals surface area contributed by atoms with Gasteiger partial charge in [0.2, 0.25) is 0 Å². The van der Waals surface area contributed by atoms with Crippen LogP contribution in [0.4, 0.5) is 5.13 Å². The number of thiazole rings is 1. The van der Waals surface area contributed by atoms with Crippen LogP contribution in [0.3, 0.4) is 0 Å². The summed E-state index contributed by atoms with van der Waals surface area (Å²) in [5.74, 6) is 0. The van der Waals surface area contributed by atoms with Gasteiger partial charge in [-0.3, -0.25) is 0 Å². The number of rotatable bonds is 2. The fraction of sp³-hybridized carbons (Fsp3) is 0.700. The van der Waals surface area contributed by atoms with Gasteiger partial charge in [0, 0.05) is 0 Å². The van der Waals surface area contributed by atoms with E-state index in [1.807, 2.05) is 0 Å². The molecule has 84 valence electrons. The van der Waals surface area contributed by atoms with Crippen molar-refractivity contribution < 1.29 is 4.74 Å². The van der Waals surface area contributed by atoms with Crippen LogP contribution in [-0.2, 0) is 4.74 Å². The number of nitrogens with zero attached hydrogens (tertiary/aromatic N) is 2. The van der Waals surface area contributed by atoms with Crippen molar-refractivity contribution in [3.8, 4) is 0 Å². The zero-order valence-electron chi connectivity index (χ0n) is 9.62. The average Bonchev–Trinajstić information content (AvgIpc) is 2.67. The molecule has 1 aromatic heterocycles. The standard InChI is InChI=1S/C7H9N2OS.3CH3.Sn/c1-6-11-7(8-1)9-2-4-10-5-3-9;;;;/h6H,2-5H2;3*1H3;. The third kappa shape index (κ3) is 2.85. The number of hydrogen-bond acceptors (Lipinski definition) is 4. The van der Waals surface area contributed by atoms with Crippen LogP contribution in [0.15, 0.2) is 5.38 Å². The van der Waals surface area contributed by atoms with Crippen molar-refractivity contribution in [2.45, 2.75) is 14.8 Å². The van der Waals surface area contributed by atoms with E-state index in [-0.39, 0.29) is 0 Å². The van der Waals surface area contributed by atoms with Crippen LogP contribution in [-0.4, -0.2) is 49.7 Å². The molecule has 0 radical (unpaired) electrons. The van der Waals surface area contributed by atoms with Gasteiger partial charge in [0.15, 0.2) is 0 Å². The Morgan fingerprint density at radius 1 is 1.33 bits per heavy atom. The molecule has 0 N–H and O–H groups in total. The van der Waals surface area contributed by atoms with Gasteiger partial charge < -0.3 is 0 Å². The molecule has 0 bridgehead atoms. The summed E-state index contributed by atoms with van der Waals surface area (Å²) in [4.78, 5) is 14.4. The van der Waals surface area contributed by atoms with E-state index in [9.17, 15) is 0 Å². The molecule has 2 heterocycles. The van der Waals surface area contributed by atoms with Crippen LogP contribution in [0, 0.1) is 0 Å². The first kappa shape index (κ1) is 11.7. The number of ether oxygens (including phenoxy) is 1. The second kappa shape index (κ2) is 4.59. The van der Waals surface area contributed by atoms with E-state index >= 15 is 0 Å². The first-order valence-electron chi connectivity index (χ1n) is 5.36. The third-order valence-corrected chi connectivity index (χ3v) is 9.16. The van der Waals surface area contributed by atoms with E-state index in [1.165, 1.54) is 8.84 Å².